The molecule has 0 heterocycles. The van der Waals surface area contributed by atoms with Crippen molar-refractivity contribution in [2.75, 3.05) is 0 Å². The molecule has 0 saturated heterocycles. The van der Waals surface area contributed by atoms with Crippen LogP contribution in [0.3, 0.4) is 0 Å². The van der Waals surface area contributed by atoms with Gasteiger partial charge in [-0.2, -0.15) is 0 Å². The fourth-order valence-corrected chi connectivity index (χ4v) is 9.78. The minimum atomic E-state index is -1.24. The van der Waals surface area contributed by atoms with Gasteiger partial charge in [0.15, 0.2) is 0 Å². The Bertz CT molecular complexity index is 1280. The molecule has 3 heteroatoms. The van der Waals surface area contributed by atoms with E-state index in [1.165, 1.54) is 52.6 Å². The van der Waals surface area contributed by atoms with Gasteiger partial charge in [-0.15, -0.1) is 0 Å². The Kier molecular flexibility index (Phi) is 12.1. The van der Waals surface area contributed by atoms with E-state index in [9.17, 15) is 0 Å². The van der Waals surface area contributed by atoms with Gasteiger partial charge in [-0.3, -0.25) is 0 Å². The average molecular weight is 649 g/mol. The highest BCUT2D eigenvalue weighted by atomic mass is 28.3. The highest BCUT2D eigenvalue weighted by Gasteiger charge is 2.17. The second-order valence-corrected chi connectivity index (χ2v) is 31.8. The zero-order valence-electron chi connectivity index (χ0n) is 30.0. The Morgan fingerprint density at radius 1 is 0.289 bits per heavy atom. The smallest absolute Gasteiger partial charge is 0.0656 e. The Morgan fingerprint density at radius 2 is 0.489 bits per heavy atom. The summed E-state index contributed by atoms with van der Waals surface area (Å²) >= 11 is 0. The summed E-state index contributed by atoms with van der Waals surface area (Å²) in [6.07, 6.45) is 10.6. The van der Waals surface area contributed by atoms with E-state index >= 15 is 0 Å². The molecule has 0 aliphatic rings. The molecule has 0 spiro atoms. The predicted octanol–water partition coefficient (Wildman–Crippen LogP) is 9.85. The van der Waals surface area contributed by atoms with Crippen molar-refractivity contribution in [3.05, 3.63) is 124 Å². The van der Waals surface area contributed by atoms with Gasteiger partial charge in [-0.1, -0.05) is 165 Å². The van der Waals surface area contributed by atoms with Crippen molar-refractivity contribution in [3.63, 3.8) is 0 Å². The quantitative estimate of drug-likeness (QED) is 0.113. The van der Waals surface area contributed by atoms with Crippen LogP contribution in [0.1, 0.15) is 52.6 Å². The lowest BCUT2D eigenvalue weighted by molar-refractivity contribution is 0.788. The molecule has 4 aromatic rings. The SMILES string of the molecule is C[Si](C)(C)c1ccc(CCCc2cc(CCCc3ccc([Si](C)(C)C)cc3)cc(CCCc3ccc([Si](C)(C)C)cc3)c2)cc1. The van der Waals surface area contributed by atoms with Crippen LogP contribution in [0.25, 0.3) is 0 Å². The van der Waals surface area contributed by atoms with Gasteiger partial charge >= 0.3 is 0 Å². The van der Waals surface area contributed by atoms with Gasteiger partial charge in [-0.05, 0) is 91.2 Å². The Balaban J connectivity index is 1.39. The van der Waals surface area contributed by atoms with Crippen LogP contribution in [-0.2, 0) is 38.5 Å². The summed E-state index contributed by atoms with van der Waals surface area (Å²) in [5.41, 5.74) is 9.02. The normalized spacial score (nSPS) is 12.5. The van der Waals surface area contributed by atoms with Crippen LogP contribution in [0.15, 0.2) is 91.0 Å². The van der Waals surface area contributed by atoms with E-state index in [0.717, 1.165) is 38.5 Å². The van der Waals surface area contributed by atoms with E-state index in [1.807, 2.05) is 0 Å². The molecular weight excluding hydrogens is 589 g/mol. The van der Waals surface area contributed by atoms with Crippen molar-refractivity contribution in [1.82, 2.24) is 0 Å². The van der Waals surface area contributed by atoms with Gasteiger partial charge in [0.05, 0.1) is 24.2 Å². The van der Waals surface area contributed by atoms with Gasteiger partial charge in [0.1, 0.15) is 0 Å². The van der Waals surface area contributed by atoms with Crippen LogP contribution in [-0.4, -0.2) is 24.2 Å². The molecule has 0 aromatic heterocycles. The Hall–Kier alpha value is -2.47. The topological polar surface area (TPSA) is 0 Å². The molecule has 240 valence electrons. The van der Waals surface area contributed by atoms with E-state index in [2.05, 4.69) is 150 Å². The molecule has 0 bridgehead atoms. The van der Waals surface area contributed by atoms with E-state index in [1.54, 1.807) is 15.6 Å². The van der Waals surface area contributed by atoms with Gasteiger partial charge in [-0.25, -0.2) is 0 Å². The molecule has 0 unspecified atom stereocenters. The fraction of sp³-hybridized carbons (Fsp3) is 0.429. The highest BCUT2D eigenvalue weighted by Crippen LogP contribution is 2.19. The molecule has 0 atom stereocenters. The van der Waals surface area contributed by atoms with Crippen molar-refractivity contribution in [2.45, 2.75) is 117 Å². The number of hydrogen-bond acceptors (Lipinski definition) is 0. The van der Waals surface area contributed by atoms with Crippen molar-refractivity contribution < 1.29 is 0 Å². The summed E-state index contributed by atoms with van der Waals surface area (Å²) in [5.74, 6) is 0. The molecule has 0 aliphatic heterocycles. The van der Waals surface area contributed by atoms with Crippen molar-refractivity contribution in [2.24, 2.45) is 0 Å². The molecule has 0 amide bonds. The van der Waals surface area contributed by atoms with Crippen LogP contribution < -0.4 is 15.6 Å². The van der Waals surface area contributed by atoms with Crippen LogP contribution in [0.2, 0.25) is 58.9 Å². The van der Waals surface area contributed by atoms with Gasteiger partial charge < -0.3 is 0 Å². The number of rotatable bonds is 15. The first kappa shape index (κ1) is 35.4. The van der Waals surface area contributed by atoms with Crippen molar-refractivity contribution >= 4 is 39.8 Å². The van der Waals surface area contributed by atoms with E-state index in [4.69, 9.17) is 0 Å². The molecule has 0 N–H and O–H groups in total. The van der Waals surface area contributed by atoms with Crippen LogP contribution >= 0.6 is 0 Å². The third-order valence-corrected chi connectivity index (χ3v) is 15.6. The maximum absolute atomic E-state index is 2.52. The maximum atomic E-state index is 2.52. The first-order chi connectivity index (χ1) is 21.2. The molecule has 0 aliphatic carbocycles. The minimum absolute atomic E-state index is 1.16. The fourth-order valence-electron chi connectivity index (χ4n) is 6.28. The molecule has 0 radical (unpaired) electrons. The molecule has 4 aromatic carbocycles. The summed E-state index contributed by atoms with van der Waals surface area (Å²) in [7, 11) is -3.71. The molecule has 45 heavy (non-hydrogen) atoms. The molecular formula is C42H60Si3. The summed E-state index contributed by atoms with van der Waals surface area (Å²) in [6.45, 7) is 21.9. The Labute approximate surface area is 279 Å². The lowest BCUT2D eigenvalue weighted by Crippen LogP contribution is -2.37. The third kappa shape index (κ3) is 11.4. The van der Waals surface area contributed by atoms with E-state index in [-0.39, 0.29) is 0 Å². The molecule has 4 rings (SSSR count). The van der Waals surface area contributed by atoms with E-state index in [0.29, 0.717) is 0 Å². The number of hydrogen-bond donors (Lipinski definition) is 0. The first-order valence-electron chi connectivity index (χ1n) is 17.6. The van der Waals surface area contributed by atoms with Gasteiger partial charge in [0, 0.05) is 0 Å². The lowest BCUT2D eigenvalue weighted by atomic mass is 9.94. The number of aryl methyl sites for hydroxylation is 6. The third-order valence-electron chi connectivity index (χ3n) is 9.36. The molecule has 0 saturated carbocycles. The van der Waals surface area contributed by atoms with E-state index < -0.39 is 24.2 Å². The zero-order chi connectivity index (χ0) is 32.7. The summed E-state index contributed by atoms with van der Waals surface area (Å²) in [6, 6.07) is 36.1. The zero-order valence-corrected chi connectivity index (χ0v) is 33.0. The summed E-state index contributed by atoms with van der Waals surface area (Å²) in [4.78, 5) is 0. The number of benzene rings is 4. The van der Waals surface area contributed by atoms with Crippen LogP contribution in [0, 0.1) is 0 Å². The predicted molar refractivity (Wildman–Crippen MR) is 211 cm³/mol. The van der Waals surface area contributed by atoms with Gasteiger partial charge in [0.2, 0.25) is 0 Å². The van der Waals surface area contributed by atoms with Crippen molar-refractivity contribution in [1.29, 1.82) is 0 Å². The summed E-state index contributed by atoms with van der Waals surface area (Å²) in [5, 5.41) is 4.67. The van der Waals surface area contributed by atoms with Crippen LogP contribution in [0.4, 0.5) is 0 Å². The minimum Gasteiger partial charge on any atom is -0.0656 e. The van der Waals surface area contributed by atoms with Crippen LogP contribution in [0.5, 0.6) is 0 Å². The second kappa shape index (κ2) is 15.4. The monoisotopic (exact) mass is 648 g/mol. The van der Waals surface area contributed by atoms with Crippen molar-refractivity contribution in [3.8, 4) is 0 Å². The van der Waals surface area contributed by atoms with Gasteiger partial charge in [0.25, 0.3) is 0 Å². The molecule has 0 fully saturated rings. The first-order valence-corrected chi connectivity index (χ1v) is 28.1. The maximum Gasteiger partial charge on any atom is 0.0775 e. The standard InChI is InChI=1S/C42H60Si3/c1-43(2,3)40-25-19-34(20-26-40)13-10-16-37-31-38(17-11-14-35-21-27-41(28-22-35)44(4,5)6)33-39(32-37)18-12-15-36-23-29-42(30-24-36)45(7,8)9/h19-33H,10-18H2,1-9H3. The Morgan fingerprint density at radius 3 is 0.689 bits per heavy atom. The largest absolute Gasteiger partial charge is 0.0775 e. The average Bonchev–Trinajstić information content (AvgIpc) is 2.97. The highest BCUT2D eigenvalue weighted by molar-refractivity contribution is 6.89. The summed E-state index contributed by atoms with van der Waals surface area (Å²) < 4.78 is 0. The lowest BCUT2D eigenvalue weighted by Gasteiger charge is -2.17. The second-order valence-electron chi connectivity index (χ2n) is 16.6. The molecule has 0 nitrogen and oxygen atoms in total.